The summed E-state index contributed by atoms with van der Waals surface area (Å²) in [5, 5.41) is 12.0. The van der Waals surface area contributed by atoms with Gasteiger partial charge in [-0.15, -0.1) is 0 Å². The van der Waals surface area contributed by atoms with Crippen LogP contribution in [0.2, 0.25) is 16.6 Å². The van der Waals surface area contributed by atoms with Crippen LogP contribution >= 0.6 is 0 Å². The van der Waals surface area contributed by atoms with E-state index >= 15 is 0 Å². The molecule has 0 bridgehead atoms. The average Bonchev–Trinajstić information content (AvgIpc) is 2.92. The number of rotatable bonds is 8. The van der Waals surface area contributed by atoms with E-state index in [2.05, 4.69) is 69.6 Å². The van der Waals surface area contributed by atoms with Crippen molar-refractivity contribution in [3.05, 3.63) is 30.1 Å². The van der Waals surface area contributed by atoms with Crippen LogP contribution in [0.3, 0.4) is 0 Å². The van der Waals surface area contributed by atoms with Gasteiger partial charge in [0.25, 0.3) is 0 Å². The lowest BCUT2D eigenvalue weighted by Crippen LogP contribution is -2.51. The number of hydrogen-bond acceptors (Lipinski definition) is 2. The van der Waals surface area contributed by atoms with E-state index in [1.54, 1.807) is 6.08 Å². The van der Waals surface area contributed by atoms with Gasteiger partial charge >= 0.3 is 0 Å². The van der Waals surface area contributed by atoms with Crippen molar-refractivity contribution >= 4 is 20.2 Å². The molecule has 0 spiro atoms. The van der Waals surface area contributed by atoms with E-state index < -0.39 is 8.24 Å². The highest BCUT2D eigenvalue weighted by Gasteiger charge is 2.44. The largest absolute Gasteiger partial charge is 0.379 e. The van der Waals surface area contributed by atoms with Crippen LogP contribution in [0.4, 0.5) is 0 Å². The van der Waals surface area contributed by atoms with Crippen LogP contribution in [0.15, 0.2) is 24.5 Å². The normalized spacial score (nSPS) is 12.8. The predicted molar refractivity (Wildman–Crippen MR) is 98.5 cm³/mol. The predicted octanol–water partition coefficient (Wildman–Crippen LogP) is 4.16. The maximum atomic E-state index is 10.3. The molecule has 1 aromatic heterocycles. The van der Waals surface area contributed by atoms with Crippen LogP contribution in [0.1, 0.15) is 47.1 Å². The van der Waals surface area contributed by atoms with E-state index in [4.69, 9.17) is 0 Å². The Bertz CT molecular complexity index is 572. The van der Waals surface area contributed by atoms with Crippen LogP contribution in [-0.4, -0.2) is 25.4 Å². The third kappa shape index (κ3) is 3.76. The summed E-state index contributed by atoms with van der Waals surface area (Å²) in [6.07, 6.45) is 6.67. The van der Waals surface area contributed by atoms with Gasteiger partial charge in [0.1, 0.15) is 0 Å². The van der Waals surface area contributed by atoms with E-state index in [9.17, 15) is 10.1 Å². The number of nitrogens with one attached hydrogen (secondary N) is 1. The molecule has 126 valence electrons. The molecule has 23 heavy (non-hydrogen) atoms. The first kappa shape index (κ1) is 19.2. The topological polar surface area (TPSA) is 57.8 Å². The van der Waals surface area contributed by atoms with Gasteiger partial charge in [-0.25, -0.2) is 0 Å². The number of nitriles is 1. The van der Waals surface area contributed by atoms with E-state index in [0.717, 1.165) is 5.56 Å². The first-order chi connectivity index (χ1) is 10.8. The minimum Gasteiger partial charge on any atom is -0.379 e. The second kappa shape index (κ2) is 8.16. The SMILES string of the molecule is CC(C)[Si](C(C)C)(C(C)C)n1ccc(/C(C#N)=C/CNC=O)c1. The molecule has 1 rings (SSSR count). The standard InChI is InChI=1S/C18H29N3OSi/c1-14(2)23(15(3)4,16(5)6)21-10-8-18(12-21)17(11-19)7-9-20-13-22/h7-8,10,12-16H,9H2,1-6H3,(H,20,22)/b17-7+. The van der Waals surface area contributed by atoms with Gasteiger partial charge in [-0.3, -0.25) is 4.79 Å². The highest BCUT2D eigenvalue weighted by atomic mass is 28.3. The molecule has 0 aromatic carbocycles. The molecule has 0 aliphatic carbocycles. The smallest absolute Gasteiger partial charge is 0.207 e. The van der Waals surface area contributed by atoms with E-state index in [1.165, 1.54) is 0 Å². The van der Waals surface area contributed by atoms with Crippen molar-refractivity contribution in [2.45, 2.75) is 58.2 Å². The van der Waals surface area contributed by atoms with Crippen molar-refractivity contribution in [2.75, 3.05) is 6.54 Å². The fraction of sp³-hybridized carbons (Fsp3) is 0.556. The minimum atomic E-state index is -1.77. The van der Waals surface area contributed by atoms with Crippen LogP contribution in [0.5, 0.6) is 0 Å². The third-order valence-electron chi connectivity index (χ3n) is 4.85. The van der Waals surface area contributed by atoms with E-state index in [0.29, 0.717) is 35.2 Å². The van der Waals surface area contributed by atoms with E-state index in [-0.39, 0.29) is 0 Å². The summed E-state index contributed by atoms with van der Waals surface area (Å²) in [5.41, 5.74) is 3.35. The monoisotopic (exact) mass is 331 g/mol. The number of allylic oxidation sites excluding steroid dienone is 1. The summed E-state index contributed by atoms with van der Waals surface area (Å²) < 4.78 is 2.42. The maximum Gasteiger partial charge on any atom is 0.207 e. The zero-order valence-electron chi connectivity index (χ0n) is 15.1. The molecular weight excluding hydrogens is 302 g/mol. The van der Waals surface area contributed by atoms with Crippen molar-refractivity contribution in [2.24, 2.45) is 0 Å². The zero-order valence-corrected chi connectivity index (χ0v) is 16.1. The fourth-order valence-corrected chi connectivity index (χ4v) is 10.6. The van der Waals surface area contributed by atoms with Crippen molar-refractivity contribution in [3.8, 4) is 6.07 Å². The Balaban J connectivity index is 3.30. The van der Waals surface area contributed by atoms with Gasteiger partial charge in [-0.05, 0) is 35.0 Å². The Morgan fingerprint density at radius 1 is 1.26 bits per heavy atom. The maximum absolute atomic E-state index is 10.3. The summed E-state index contributed by atoms with van der Waals surface area (Å²) >= 11 is 0. The second-order valence-corrected chi connectivity index (χ2v) is 12.7. The molecule has 1 N–H and O–H groups in total. The Labute approximate surface area is 141 Å². The van der Waals surface area contributed by atoms with Crippen molar-refractivity contribution in [3.63, 3.8) is 0 Å². The van der Waals surface area contributed by atoms with Crippen LogP contribution < -0.4 is 5.32 Å². The van der Waals surface area contributed by atoms with Gasteiger partial charge in [0.15, 0.2) is 8.24 Å². The lowest BCUT2D eigenvalue weighted by molar-refractivity contribution is -0.109. The lowest BCUT2D eigenvalue weighted by atomic mass is 10.1. The molecule has 0 aliphatic heterocycles. The Morgan fingerprint density at radius 3 is 2.26 bits per heavy atom. The molecule has 0 radical (unpaired) electrons. The number of carbonyl (C=O) groups is 1. The lowest BCUT2D eigenvalue weighted by Gasteiger charge is -2.44. The third-order valence-corrected chi connectivity index (χ3v) is 11.6. The summed E-state index contributed by atoms with van der Waals surface area (Å²) in [5.74, 6) is 0. The summed E-state index contributed by atoms with van der Waals surface area (Å²) in [6.45, 7) is 14.3. The first-order valence-electron chi connectivity index (χ1n) is 8.28. The molecule has 4 nitrogen and oxygen atoms in total. The molecule has 0 unspecified atom stereocenters. The molecule has 1 heterocycles. The Kier molecular flexibility index (Phi) is 6.83. The van der Waals surface area contributed by atoms with E-state index in [1.807, 2.05) is 6.07 Å². The molecule has 0 fully saturated rings. The first-order valence-corrected chi connectivity index (χ1v) is 10.5. The summed E-state index contributed by atoms with van der Waals surface area (Å²) in [4.78, 5) is 10.3. The number of nitrogens with zero attached hydrogens (tertiary/aromatic N) is 2. The molecule has 0 atom stereocenters. The minimum absolute atomic E-state index is 0.374. The Morgan fingerprint density at radius 2 is 1.83 bits per heavy atom. The molecule has 5 heteroatoms. The molecule has 1 aromatic rings. The quantitative estimate of drug-likeness (QED) is 0.336. The van der Waals surface area contributed by atoms with Crippen molar-refractivity contribution in [1.82, 2.24) is 9.55 Å². The molecule has 0 saturated carbocycles. The molecule has 0 saturated heterocycles. The van der Waals surface area contributed by atoms with Gasteiger partial charge in [0.05, 0.1) is 11.6 Å². The molecule has 1 amide bonds. The highest BCUT2D eigenvalue weighted by molar-refractivity contribution is 6.82. The van der Waals surface area contributed by atoms with Crippen LogP contribution in [-0.2, 0) is 4.79 Å². The second-order valence-electron chi connectivity index (χ2n) is 6.91. The van der Waals surface area contributed by atoms with Gasteiger partial charge < -0.3 is 9.55 Å². The molecular formula is C18H29N3OSi. The fourth-order valence-electron chi connectivity index (χ4n) is 4.13. The summed E-state index contributed by atoms with van der Waals surface area (Å²) in [7, 11) is -1.77. The molecule has 0 aliphatic rings. The Hall–Kier alpha value is -1.80. The number of amides is 1. The zero-order chi connectivity index (χ0) is 17.6. The van der Waals surface area contributed by atoms with Crippen LogP contribution in [0.25, 0.3) is 5.57 Å². The van der Waals surface area contributed by atoms with Crippen LogP contribution in [0, 0.1) is 11.3 Å². The summed E-state index contributed by atoms with van der Waals surface area (Å²) in [6, 6.07) is 4.26. The van der Waals surface area contributed by atoms with Gasteiger partial charge in [0, 0.05) is 18.3 Å². The van der Waals surface area contributed by atoms with Gasteiger partial charge in [-0.1, -0.05) is 41.5 Å². The highest BCUT2D eigenvalue weighted by Crippen LogP contribution is 2.42. The van der Waals surface area contributed by atoms with Crippen molar-refractivity contribution < 1.29 is 4.79 Å². The average molecular weight is 332 g/mol. The van der Waals surface area contributed by atoms with Gasteiger partial charge in [0.2, 0.25) is 6.41 Å². The number of carbonyl (C=O) groups excluding carboxylic acids is 1. The van der Waals surface area contributed by atoms with Gasteiger partial charge in [-0.2, -0.15) is 5.26 Å². The number of hydrogen-bond donors (Lipinski definition) is 1. The number of aromatic nitrogens is 1. The van der Waals surface area contributed by atoms with Crippen molar-refractivity contribution in [1.29, 1.82) is 5.26 Å².